The van der Waals surface area contributed by atoms with Crippen LogP contribution in [-0.2, 0) is 10.0 Å². The lowest BCUT2D eigenvalue weighted by Crippen LogP contribution is -2.40. The van der Waals surface area contributed by atoms with E-state index < -0.39 is 21.5 Å². The van der Waals surface area contributed by atoms with Crippen molar-refractivity contribution in [3.8, 4) is 0 Å². The third-order valence-electron chi connectivity index (χ3n) is 4.07. The molecule has 2 N–H and O–H groups in total. The predicted molar refractivity (Wildman–Crippen MR) is 88.1 cm³/mol. The van der Waals surface area contributed by atoms with Gasteiger partial charge in [0.15, 0.2) is 0 Å². The molecule has 0 heterocycles. The number of hydrogen-bond acceptors (Lipinski definition) is 4. The summed E-state index contributed by atoms with van der Waals surface area (Å²) in [7, 11) is -0.815. The number of amides is 1. The van der Waals surface area contributed by atoms with E-state index in [0.717, 1.165) is 17.1 Å². The molecule has 1 saturated carbocycles. The Kier molecular flexibility index (Phi) is 5.35. The molecule has 1 aromatic carbocycles. The largest absolute Gasteiger partial charge is 0.388 e. The number of nitrogens with one attached hydrogen (secondary N) is 1. The lowest BCUT2D eigenvalue weighted by Gasteiger charge is -2.22. The molecule has 23 heavy (non-hydrogen) atoms. The van der Waals surface area contributed by atoms with E-state index in [1.54, 1.807) is 0 Å². The first-order chi connectivity index (χ1) is 10.7. The molecule has 0 atom stereocenters. The molecule has 1 aromatic rings. The maximum Gasteiger partial charge on any atom is 0.252 e. The van der Waals surface area contributed by atoms with Crippen LogP contribution in [-0.4, -0.2) is 50.0 Å². The summed E-state index contributed by atoms with van der Waals surface area (Å²) < 4.78 is 25.4. The number of nitrogens with zero attached hydrogens (tertiary/aromatic N) is 1. The standard InChI is InChI=1S/C15H21ClN2O4S/c1-18(2)23(21,22)11-5-6-13(16)12(9-11)14(19)17-10-15(20)7-3-4-8-15/h5-6,9,20H,3-4,7-8,10H2,1-2H3,(H,17,19). The summed E-state index contributed by atoms with van der Waals surface area (Å²) >= 11 is 6.02. The first kappa shape index (κ1) is 18.2. The molecule has 1 fully saturated rings. The van der Waals surface area contributed by atoms with Crippen LogP contribution in [0.4, 0.5) is 0 Å². The Morgan fingerprint density at radius 1 is 1.35 bits per heavy atom. The van der Waals surface area contributed by atoms with Gasteiger partial charge in [0, 0.05) is 20.6 Å². The molecule has 128 valence electrons. The molecule has 1 aliphatic rings. The highest BCUT2D eigenvalue weighted by Crippen LogP contribution is 2.29. The minimum absolute atomic E-state index is 0.00312. The molecule has 1 amide bonds. The third kappa shape index (κ3) is 4.03. The van der Waals surface area contributed by atoms with Gasteiger partial charge >= 0.3 is 0 Å². The van der Waals surface area contributed by atoms with Gasteiger partial charge in [0.25, 0.3) is 5.91 Å². The van der Waals surface area contributed by atoms with Crippen molar-refractivity contribution in [2.24, 2.45) is 0 Å². The molecule has 0 unspecified atom stereocenters. The van der Waals surface area contributed by atoms with E-state index in [4.69, 9.17) is 11.6 Å². The Balaban J connectivity index is 2.20. The van der Waals surface area contributed by atoms with Gasteiger partial charge in [-0.3, -0.25) is 4.79 Å². The van der Waals surface area contributed by atoms with Crippen molar-refractivity contribution in [2.45, 2.75) is 36.2 Å². The van der Waals surface area contributed by atoms with Crippen LogP contribution in [0.2, 0.25) is 5.02 Å². The highest BCUT2D eigenvalue weighted by Gasteiger charge is 2.31. The quantitative estimate of drug-likeness (QED) is 0.835. The summed E-state index contributed by atoms with van der Waals surface area (Å²) in [5.74, 6) is -0.494. The van der Waals surface area contributed by atoms with Gasteiger partial charge in [0.05, 0.1) is 21.1 Å². The molecule has 0 radical (unpaired) electrons. The number of carbonyl (C=O) groups excluding carboxylic acids is 1. The summed E-state index contributed by atoms with van der Waals surface area (Å²) in [5, 5.41) is 13.1. The Hall–Kier alpha value is -1.15. The van der Waals surface area contributed by atoms with Crippen LogP contribution in [0.5, 0.6) is 0 Å². The van der Waals surface area contributed by atoms with E-state index in [2.05, 4.69) is 5.32 Å². The van der Waals surface area contributed by atoms with E-state index in [1.165, 1.54) is 32.3 Å². The highest BCUT2D eigenvalue weighted by atomic mass is 35.5. The van der Waals surface area contributed by atoms with Crippen molar-refractivity contribution in [3.05, 3.63) is 28.8 Å². The SMILES string of the molecule is CN(C)S(=O)(=O)c1ccc(Cl)c(C(=O)NCC2(O)CCCC2)c1. The van der Waals surface area contributed by atoms with E-state index in [1.807, 2.05) is 0 Å². The number of halogens is 1. The van der Waals surface area contributed by atoms with Crippen molar-refractivity contribution in [1.29, 1.82) is 0 Å². The van der Waals surface area contributed by atoms with Gasteiger partial charge in [-0.1, -0.05) is 24.4 Å². The zero-order chi connectivity index (χ0) is 17.3. The van der Waals surface area contributed by atoms with Crippen molar-refractivity contribution in [2.75, 3.05) is 20.6 Å². The predicted octanol–water partition coefficient (Wildman–Crippen LogP) is 1.63. The molecule has 0 saturated heterocycles. The van der Waals surface area contributed by atoms with Gasteiger partial charge in [-0.2, -0.15) is 0 Å². The fourth-order valence-electron chi connectivity index (χ4n) is 2.60. The number of carbonyl (C=O) groups is 1. The maximum atomic E-state index is 12.3. The molecule has 8 heteroatoms. The van der Waals surface area contributed by atoms with E-state index in [-0.39, 0.29) is 22.0 Å². The Labute approximate surface area is 141 Å². The van der Waals surface area contributed by atoms with Gasteiger partial charge in [0.1, 0.15) is 0 Å². The topological polar surface area (TPSA) is 86.7 Å². The van der Waals surface area contributed by atoms with Crippen LogP contribution in [0, 0.1) is 0 Å². The van der Waals surface area contributed by atoms with Crippen LogP contribution >= 0.6 is 11.6 Å². The van der Waals surface area contributed by atoms with Gasteiger partial charge in [-0.15, -0.1) is 0 Å². The summed E-state index contributed by atoms with van der Waals surface area (Å²) in [6.07, 6.45) is 3.17. The van der Waals surface area contributed by atoms with Gasteiger partial charge in [-0.25, -0.2) is 12.7 Å². The van der Waals surface area contributed by atoms with Crippen LogP contribution in [0.25, 0.3) is 0 Å². The van der Waals surface area contributed by atoms with Crippen molar-refractivity contribution >= 4 is 27.5 Å². The normalized spacial score (nSPS) is 17.4. The molecule has 0 aliphatic heterocycles. The highest BCUT2D eigenvalue weighted by molar-refractivity contribution is 7.89. The van der Waals surface area contributed by atoms with E-state index in [9.17, 15) is 18.3 Å². The first-order valence-corrected chi connectivity index (χ1v) is 9.20. The molecule has 6 nitrogen and oxygen atoms in total. The smallest absolute Gasteiger partial charge is 0.252 e. The lowest BCUT2D eigenvalue weighted by molar-refractivity contribution is 0.0449. The molecule has 1 aliphatic carbocycles. The van der Waals surface area contributed by atoms with Gasteiger partial charge in [0.2, 0.25) is 10.0 Å². The number of sulfonamides is 1. The Morgan fingerprint density at radius 2 is 1.96 bits per heavy atom. The summed E-state index contributed by atoms with van der Waals surface area (Å²) in [5.41, 5.74) is -0.800. The molecular weight excluding hydrogens is 340 g/mol. The second kappa shape index (κ2) is 6.76. The lowest BCUT2D eigenvalue weighted by atomic mass is 10.0. The fraction of sp³-hybridized carbons (Fsp3) is 0.533. The minimum Gasteiger partial charge on any atom is -0.388 e. The Bertz CT molecular complexity index is 697. The second-order valence-electron chi connectivity index (χ2n) is 6.04. The zero-order valence-electron chi connectivity index (χ0n) is 13.2. The number of rotatable bonds is 5. The van der Waals surface area contributed by atoms with Crippen molar-refractivity contribution < 1.29 is 18.3 Å². The minimum atomic E-state index is -3.65. The molecule has 0 spiro atoms. The second-order valence-corrected chi connectivity index (χ2v) is 8.60. The first-order valence-electron chi connectivity index (χ1n) is 7.38. The zero-order valence-corrected chi connectivity index (χ0v) is 14.7. The number of aliphatic hydroxyl groups is 1. The summed E-state index contributed by atoms with van der Waals surface area (Å²) in [4.78, 5) is 12.3. The van der Waals surface area contributed by atoms with Gasteiger partial charge < -0.3 is 10.4 Å². The van der Waals surface area contributed by atoms with Crippen molar-refractivity contribution in [1.82, 2.24) is 9.62 Å². The third-order valence-corrected chi connectivity index (χ3v) is 6.21. The molecule has 0 aromatic heterocycles. The molecular formula is C15H21ClN2O4S. The van der Waals surface area contributed by atoms with E-state index in [0.29, 0.717) is 12.8 Å². The average molecular weight is 361 g/mol. The van der Waals surface area contributed by atoms with Gasteiger partial charge in [-0.05, 0) is 31.0 Å². The molecule has 2 rings (SSSR count). The maximum absolute atomic E-state index is 12.3. The van der Waals surface area contributed by atoms with Crippen LogP contribution in [0.15, 0.2) is 23.1 Å². The van der Waals surface area contributed by atoms with Crippen LogP contribution in [0.1, 0.15) is 36.0 Å². The summed E-state index contributed by atoms with van der Waals surface area (Å²) in [6.45, 7) is 0.132. The van der Waals surface area contributed by atoms with Crippen LogP contribution < -0.4 is 5.32 Å². The molecule has 0 bridgehead atoms. The fourth-order valence-corrected chi connectivity index (χ4v) is 3.73. The van der Waals surface area contributed by atoms with Crippen molar-refractivity contribution in [3.63, 3.8) is 0 Å². The number of hydrogen-bond donors (Lipinski definition) is 2. The average Bonchev–Trinajstić information content (AvgIpc) is 2.92. The Morgan fingerprint density at radius 3 is 2.52 bits per heavy atom. The van der Waals surface area contributed by atoms with E-state index >= 15 is 0 Å². The monoisotopic (exact) mass is 360 g/mol. The summed E-state index contributed by atoms with van der Waals surface area (Å²) in [6, 6.07) is 4.00. The number of benzene rings is 1. The van der Waals surface area contributed by atoms with Crippen LogP contribution in [0.3, 0.4) is 0 Å².